The Morgan fingerprint density at radius 3 is 2.19 bits per heavy atom. The molecule has 2 rings (SSSR count). The predicted molar refractivity (Wildman–Crippen MR) is 130 cm³/mol. The molecule has 0 unspecified atom stereocenters. The first kappa shape index (κ1) is 25.4. The van der Waals surface area contributed by atoms with Gasteiger partial charge in [-0.1, -0.05) is 75.6 Å². The molecule has 0 aliphatic rings. The van der Waals surface area contributed by atoms with Crippen molar-refractivity contribution < 1.29 is 14.2 Å². The average molecular weight is 448 g/mol. The fourth-order valence-electron chi connectivity index (χ4n) is 3.54. The molecule has 2 aromatic rings. The summed E-state index contributed by atoms with van der Waals surface area (Å²) in [5.41, 5.74) is 2.16. The van der Waals surface area contributed by atoms with Crippen molar-refractivity contribution in [3.8, 4) is 17.2 Å². The van der Waals surface area contributed by atoms with Gasteiger partial charge >= 0.3 is 0 Å². The molecule has 0 aromatic heterocycles. The number of unbranched alkanes of at least 4 members (excludes halogenated alkanes) is 7. The second-order valence-electron chi connectivity index (χ2n) is 7.87. The van der Waals surface area contributed by atoms with Gasteiger partial charge in [0, 0.05) is 24.2 Å². The highest BCUT2D eigenvalue weighted by atomic mass is 35.5. The quantitative estimate of drug-likeness (QED) is 0.277. The van der Waals surface area contributed by atoms with Gasteiger partial charge in [0.2, 0.25) is 0 Å². The van der Waals surface area contributed by atoms with Crippen LogP contribution in [-0.2, 0) is 13.1 Å². The Bertz CT molecular complexity index is 766. The number of halogens is 1. The van der Waals surface area contributed by atoms with Crippen LogP contribution in [0.1, 0.15) is 69.4 Å². The molecule has 0 radical (unpaired) electrons. The maximum absolute atomic E-state index is 6.37. The molecule has 0 saturated heterocycles. The van der Waals surface area contributed by atoms with Crippen LogP contribution in [0.4, 0.5) is 0 Å². The van der Waals surface area contributed by atoms with Gasteiger partial charge in [0.05, 0.1) is 20.8 Å². The zero-order valence-electron chi connectivity index (χ0n) is 19.3. The lowest BCUT2D eigenvalue weighted by molar-refractivity contribution is 0.304. The van der Waals surface area contributed by atoms with Gasteiger partial charge in [-0.25, -0.2) is 0 Å². The topological polar surface area (TPSA) is 39.7 Å². The first-order chi connectivity index (χ1) is 15.2. The van der Waals surface area contributed by atoms with Crippen molar-refractivity contribution in [2.45, 2.75) is 71.4 Å². The third kappa shape index (κ3) is 9.40. The molecule has 0 saturated carbocycles. The number of hydrogen-bond acceptors (Lipinski definition) is 4. The molecular weight excluding hydrogens is 410 g/mol. The van der Waals surface area contributed by atoms with Crippen LogP contribution < -0.4 is 19.5 Å². The lowest BCUT2D eigenvalue weighted by Crippen LogP contribution is -2.13. The number of nitrogens with one attached hydrogen (secondary N) is 1. The van der Waals surface area contributed by atoms with Gasteiger partial charge < -0.3 is 19.5 Å². The second kappa shape index (κ2) is 15.0. The fraction of sp³-hybridized carbons (Fsp3) is 0.538. The molecule has 0 amide bonds. The molecule has 1 N–H and O–H groups in total. The van der Waals surface area contributed by atoms with E-state index < -0.39 is 0 Å². The van der Waals surface area contributed by atoms with Gasteiger partial charge in [0.15, 0.2) is 11.5 Å². The molecule has 172 valence electrons. The highest BCUT2D eigenvalue weighted by Gasteiger charge is 2.09. The first-order valence-electron chi connectivity index (χ1n) is 11.5. The van der Waals surface area contributed by atoms with Crippen LogP contribution in [-0.4, -0.2) is 20.8 Å². The highest BCUT2D eigenvalue weighted by Crippen LogP contribution is 2.33. The van der Waals surface area contributed by atoms with Gasteiger partial charge in [0.25, 0.3) is 0 Å². The number of methoxy groups -OCH3 is 2. The van der Waals surface area contributed by atoms with E-state index in [4.69, 9.17) is 25.8 Å². The van der Waals surface area contributed by atoms with Crippen molar-refractivity contribution in [2.24, 2.45) is 0 Å². The summed E-state index contributed by atoms with van der Waals surface area (Å²) in [6.45, 7) is 4.42. The van der Waals surface area contributed by atoms with Gasteiger partial charge in [-0.2, -0.15) is 0 Å². The maximum Gasteiger partial charge on any atom is 0.162 e. The number of benzene rings is 2. The van der Waals surface area contributed by atoms with Crippen LogP contribution in [0.3, 0.4) is 0 Å². The summed E-state index contributed by atoms with van der Waals surface area (Å²) in [6, 6.07) is 12.0. The van der Waals surface area contributed by atoms with E-state index in [2.05, 4.69) is 24.4 Å². The Morgan fingerprint density at radius 2 is 1.48 bits per heavy atom. The largest absolute Gasteiger partial charge is 0.494 e. The molecule has 31 heavy (non-hydrogen) atoms. The van der Waals surface area contributed by atoms with Crippen LogP contribution in [0.2, 0.25) is 5.02 Å². The zero-order chi connectivity index (χ0) is 22.3. The minimum absolute atomic E-state index is 0.637. The molecule has 0 aliphatic carbocycles. The van der Waals surface area contributed by atoms with E-state index in [0.717, 1.165) is 30.9 Å². The van der Waals surface area contributed by atoms with E-state index in [1.807, 2.05) is 18.2 Å². The number of hydrogen-bond donors (Lipinski definition) is 1. The third-order valence-electron chi connectivity index (χ3n) is 5.36. The summed E-state index contributed by atoms with van der Waals surface area (Å²) in [5, 5.41) is 4.10. The van der Waals surface area contributed by atoms with Crippen molar-refractivity contribution in [3.63, 3.8) is 0 Å². The van der Waals surface area contributed by atoms with E-state index >= 15 is 0 Å². The predicted octanol–water partition coefficient (Wildman–Crippen LogP) is 7.17. The molecule has 2 aromatic carbocycles. The molecule has 0 heterocycles. The molecule has 0 atom stereocenters. The SMILES string of the molecule is CCCCCCCCCCOc1cccc(CNCc2cc(OC)c(OC)cc2Cl)c1. The molecule has 0 fully saturated rings. The minimum atomic E-state index is 0.637. The Hall–Kier alpha value is -1.91. The van der Waals surface area contributed by atoms with Gasteiger partial charge in [-0.05, 0) is 35.7 Å². The third-order valence-corrected chi connectivity index (χ3v) is 5.71. The number of ether oxygens (including phenoxy) is 3. The standard InChI is InChI=1S/C26H38ClNO3/c1-4-5-6-7-8-9-10-11-15-31-23-14-12-13-21(16-23)19-28-20-22-17-25(29-2)26(30-3)18-24(22)27/h12-14,16-18,28H,4-11,15,19-20H2,1-3H3. The maximum atomic E-state index is 6.37. The zero-order valence-corrected chi connectivity index (χ0v) is 20.1. The second-order valence-corrected chi connectivity index (χ2v) is 8.28. The van der Waals surface area contributed by atoms with E-state index in [1.54, 1.807) is 20.3 Å². The smallest absolute Gasteiger partial charge is 0.162 e. The van der Waals surface area contributed by atoms with Crippen LogP contribution in [0.25, 0.3) is 0 Å². The Morgan fingerprint density at radius 1 is 0.806 bits per heavy atom. The molecule has 5 heteroatoms. The van der Waals surface area contributed by atoms with Gasteiger partial charge in [0.1, 0.15) is 5.75 Å². The van der Waals surface area contributed by atoms with Crippen molar-refractivity contribution in [1.29, 1.82) is 0 Å². The summed E-state index contributed by atoms with van der Waals surface area (Å²) in [4.78, 5) is 0. The molecule has 0 bridgehead atoms. The van der Waals surface area contributed by atoms with Crippen molar-refractivity contribution in [1.82, 2.24) is 5.32 Å². The molecule has 0 spiro atoms. The Labute approximate surface area is 193 Å². The first-order valence-corrected chi connectivity index (χ1v) is 11.9. The van der Waals surface area contributed by atoms with E-state index in [-0.39, 0.29) is 0 Å². The van der Waals surface area contributed by atoms with Crippen LogP contribution >= 0.6 is 11.6 Å². The van der Waals surface area contributed by atoms with E-state index in [9.17, 15) is 0 Å². The van der Waals surface area contributed by atoms with E-state index in [0.29, 0.717) is 23.1 Å². The number of rotatable bonds is 16. The van der Waals surface area contributed by atoms with Crippen molar-refractivity contribution >= 4 is 11.6 Å². The summed E-state index contributed by atoms with van der Waals surface area (Å²) in [6.07, 6.45) is 10.5. The highest BCUT2D eigenvalue weighted by molar-refractivity contribution is 6.31. The minimum Gasteiger partial charge on any atom is -0.494 e. The Balaban J connectivity index is 1.70. The molecule has 0 aliphatic heterocycles. The molecular formula is C26H38ClNO3. The summed E-state index contributed by atoms with van der Waals surface area (Å²) in [7, 11) is 3.23. The average Bonchev–Trinajstić information content (AvgIpc) is 2.79. The summed E-state index contributed by atoms with van der Waals surface area (Å²) < 4.78 is 16.6. The van der Waals surface area contributed by atoms with Crippen LogP contribution in [0.15, 0.2) is 36.4 Å². The van der Waals surface area contributed by atoms with Crippen molar-refractivity contribution in [2.75, 3.05) is 20.8 Å². The summed E-state index contributed by atoms with van der Waals surface area (Å²) >= 11 is 6.37. The summed E-state index contributed by atoms with van der Waals surface area (Å²) in [5.74, 6) is 2.25. The molecule has 4 nitrogen and oxygen atoms in total. The van der Waals surface area contributed by atoms with Crippen LogP contribution in [0.5, 0.6) is 17.2 Å². The monoisotopic (exact) mass is 447 g/mol. The lowest BCUT2D eigenvalue weighted by Gasteiger charge is -2.13. The van der Waals surface area contributed by atoms with Crippen molar-refractivity contribution in [3.05, 3.63) is 52.5 Å². The van der Waals surface area contributed by atoms with Crippen LogP contribution in [0, 0.1) is 0 Å². The Kier molecular flexibility index (Phi) is 12.3. The van der Waals surface area contributed by atoms with Gasteiger partial charge in [-0.3, -0.25) is 0 Å². The fourth-order valence-corrected chi connectivity index (χ4v) is 3.76. The van der Waals surface area contributed by atoms with Gasteiger partial charge in [-0.15, -0.1) is 0 Å². The van der Waals surface area contributed by atoms with E-state index in [1.165, 1.54) is 50.5 Å². The normalized spacial score (nSPS) is 10.8. The lowest BCUT2D eigenvalue weighted by atomic mass is 10.1.